The summed E-state index contributed by atoms with van der Waals surface area (Å²) < 4.78 is 1.89. The Balaban J connectivity index is 1.84. The molecule has 2 heterocycles. The summed E-state index contributed by atoms with van der Waals surface area (Å²) in [6.45, 7) is 8.19. The molecule has 6 heteroatoms. The van der Waals surface area contributed by atoms with Crippen molar-refractivity contribution in [2.24, 2.45) is 5.73 Å². The van der Waals surface area contributed by atoms with Crippen LogP contribution in [0.5, 0.6) is 0 Å². The van der Waals surface area contributed by atoms with Gasteiger partial charge < -0.3 is 10.6 Å². The van der Waals surface area contributed by atoms with Crippen LogP contribution in [0.1, 0.15) is 19.0 Å². The molecule has 1 saturated heterocycles. The van der Waals surface area contributed by atoms with E-state index in [1.165, 1.54) is 19.5 Å². The molecule has 6 nitrogen and oxygen atoms in total. The lowest BCUT2D eigenvalue weighted by Gasteiger charge is -2.27. The van der Waals surface area contributed by atoms with Crippen molar-refractivity contribution in [1.82, 2.24) is 24.8 Å². The first-order valence-electron chi connectivity index (χ1n) is 6.70. The summed E-state index contributed by atoms with van der Waals surface area (Å²) in [5.41, 5.74) is 6.39. The minimum absolute atomic E-state index is 0.463. The van der Waals surface area contributed by atoms with E-state index in [4.69, 9.17) is 5.73 Å². The summed E-state index contributed by atoms with van der Waals surface area (Å²) in [5, 5.41) is 8.09. The molecule has 0 saturated carbocycles. The molecule has 1 fully saturated rings. The topological polar surface area (TPSA) is 63.2 Å². The summed E-state index contributed by atoms with van der Waals surface area (Å²) in [6, 6.07) is 0.606. The normalized spacial score (nSPS) is 23.2. The van der Waals surface area contributed by atoms with E-state index in [1.807, 2.05) is 10.9 Å². The van der Waals surface area contributed by atoms with Crippen molar-refractivity contribution in [2.75, 3.05) is 33.2 Å². The molecule has 0 aromatic carbocycles. The molecule has 0 spiro atoms. The highest BCUT2D eigenvalue weighted by molar-refractivity contribution is 4.90. The zero-order chi connectivity index (χ0) is 13.0. The second-order valence-corrected chi connectivity index (χ2v) is 5.18. The van der Waals surface area contributed by atoms with Gasteiger partial charge in [0.2, 0.25) is 0 Å². The largest absolute Gasteiger partial charge is 0.325 e. The van der Waals surface area contributed by atoms with Crippen LogP contribution in [0, 0.1) is 0 Å². The third-order valence-corrected chi connectivity index (χ3v) is 3.60. The molecule has 1 atom stereocenters. The van der Waals surface area contributed by atoms with E-state index in [0.29, 0.717) is 12.6 Å². The van der Waals surface area contributed by atoms with E-state index in [-0.39, 0.29) is 0 Å². The number of aromatic nitrogens is 3. The number of rotatable bonds is 4. The third kappa shape index (κ3) is 3.51. The molecule has 1 aromatic rings. The number of hydrogen-bond donors (Lipinski definition) is 1. The van der Waals surface area contributed by atoms with Gasteiger partial charge in [0, 0.05) is 31.9 Å². The van der Waals surface area contributed by atoms with Gasteiger partial charge >= 0.3 is 0 Å². The Morgan fingerprint density at radius 3 is 2.94 bits per heavy atom. The summed E-state index contributed by atoms with van der Waals surface area (Å²) in [5.74, 6) is 0. The smallest absolute Gasteiger partial charge is 0.0962 e. The van der Waals surface area contributed by atoms with E-state index < -0.39 is 0 Å². The summed E-state index contributed by atoms with van der Waals surface area (Å²) >= 11 is 0. The molecule has 102 valence electrons. The van der Waals surface area contributed by atoms with Gasteiger partial charge in [-0.1, -0.05) is 5.21 Å². The first kappa shape index (κ1) is 13.5. The average molecular weight is 252 g/mol. The Hall–Kier alpha value is -0.980. The monoisotopic (exact) mass is 252 g/mol. The fraction of sp³-hybridized carbons (Fsp3) is 0.833. The minimum Gasteiger partial charge on any atom is -0.325 e. The van der Waals surface area contributed by atoms with Crippen LogP contribution in [0.15, 0.2) is 6.20 Å². The summed E-state index contributed by atoms with van der Waals surface area (Å²) in [6.07, 6.45) is 3.18. The van der Waals surface area contributed by atoms with Crippen LogP contribution in [-0.4, -0.2) is 64.1 Å². The molecular formula is C12H24N6. The maximum Gasteiger partial charge on any atom is 0.0962 e. The van der Waals surface area contributed by atoms with Gasteiger partial charge in [-0.3, -0.25) is 9.58 Å². The van der Waals surface area contributed by atoms with Crippen LogP contribution < -0.4 is 5.73 Å². The fourth-order valence-corrected chi connectivity index (χ4v) is 2.53. The van der Waals surface area contributed by atoms with Crippen LogP contribution in [0.2, 0.25) is 0 Å². The van der Waals surface area contributed by atoms with Crippen LogP contribution >= 0.6 is 0 Å². The van der Waals surface area contributed by atoms with Crippen molar-refractivity contribution in [3.8, 4) is 0 Å². The molecule has 0 amide bonds. The maximum absolute atomic E-state index is 5.53. The highest BCUT2D eigenvalue weighted by Crippen LogP contribution is 2.08. The zero-order valence-electron chi connectivity index (χ0n) is 11.4. The number of nitrogens with zero attached hydrogens (tertiary/aromatic N) is 5. The second kappa shape index (κ2) is 6.26. The molecule has 0 radical (unpaired) electrons. The predicted molar refractivity (Wildman–Crippen MR) is 71.1 cm³/mol. The number of nitrogens with two attached hydrogens (primary N) is 1. The van der Waals surface area contributed by atoms with Crippen LogP contribution in [0.25, 0.3) is 0 Å². The Bertz CT molecular complexity index is 363. The van der Waals surface area contributed by atoms with Gasteiger partial charge in [0.05, 0.1) is 12.2 Å². The van der Waals surface area contributed by atoms with Crippen molar-refractivity contribution in [3.63, 3.8) is 0 Å². The van der Waals surface area contributed by atoms with Gasteiger partial charge in [0.25, 0.3) is 0 Å². The molecule has 1 aliphatic rings. The highest BCUT2D eigenvalue weighted by atomic mass is 15.4. The van der Waals surface area contributed by atoms with Crippen LogP contribution in [-0.2, 0) is 13.1 Å². The fourth-order valence-electron chi connectivity index (χ4n) is 2.53. The Morgan fingerprint density at radius 1 is 1.39 bits per heavy atom. The van der Waals surface area contributed by atoms with E-state index in [1.54, 1.807) is 0 Å². The lowest BCUT2D eigenvalue weighted by molar-refractivity contribution is 0.193. The van der Waals surface area contributed by atoms with E-state index in [9.17, 15) is 0 Å². The van der Waals surface area contributed by atoms with Gasteiger partial charge in [-0.2, -0.15) is 0 Å². The molecule has 2 rings (SSSR count). The van der Waals surface area contributed by atoms with E-state index >= 15 is 0 Å². The Kier molecular flexibility index (Phi) is 4.68. The molecule has 1 unspecified atom stereocenters. The maximum atomic E-state index is 5.53. The summed E-state index contributed by atoms with van der Waals surface area (Å²) in [4.78, 5) is 4.94. The molecule has 18 heavy (non-hydrogen) atoms. The molecule has 1 aromatic heterocycles. The van der Waals surface area contributed by atoms with Gasteiger partial charge in [-0.25, -0.2) is 0 Å². The lowest BCUT2D eigenvalue weighted by atomic mass is 10.2. The van der Waals surface area contributed by atoms with Crippen molar-refractivity contribution in [2.45, 2.75) is 32.5 Å². The molecule has 0 aliphatic carbocycles. The SMILES string of the molecule is CC1CN(C)CCCN1CCn1cc(CN)nn1. The Morgan fingerprint density at radius 2 is 2.22 bits per heavy atom. The van der Waals surface area contributed by atoms with E-state index in [0.717, 1.165) is 25.3 Å². The van der Waals surface area contributed by atoms with Gasteiger partial charge in [-0.15, -0.1) is 5.10 Å². The first-order valence-corrected chi connectivity index (χ1v) is 6.70. The zero-order valence-corrected chi connectivity index (χ0v) is 11.4. The average Bonchev–Trinajstić information content (AvgIpc) is 2.74. The Labute approximate surface area is 109 Å². The molecular weight excluding hydrogens is 228 g/mol. The lowest BCUT2D eigenvalue weighted by Crippen LogP contribution is -2.39. The van der Waals surface area contributed by atoms with Crippen molar-refractivity contribution < 1.29 is 0 Å². The van der Waals surface area contributed by atoms with Crippen molar-refractivity contribution in [3.05, 3.63) is 11.9 Å². The quantitative estimate of drug-likeness (QED) is 0.801. The van der Waals surface area contributed by atoms with Gasteiger partial charge in [0.1, 0.15) is 0 Å². The number of likely N-dealkylation sites (N-methyl/N-ethyl adjacent to an activating group) is 1. The third-order valence-electron chi connectivity index (χ3n) is 3.60. The first-order chi connectivity index (χ1) is 8.69. The van der Waals surface area contributed by atoms with E-state index in [2.05, 4.69) is 34.1 Å². The van der Waals surface area contributed by atoms with Crippen LogP contribution in [0.3, 0.4) is 0 Å². The predicted octanol–water partition coefficient (Wildman–Crippen LogP) is -0.237. The van der Waals surface area contributed by atoms with Gasteiger partial charge in [-0.05, 0) is 33.5 Å². The molecule has 2 N–H and O–H groups in total. The van der Waals surface area contributed by atoms with Crippen molar-refractivity contribution in [1.29, 1.82) is 0 Å². The van der Waals surface area contributed by atoms with Gasteiger partial charge in [0.15, 0.2) is 0 Å². The standard InChI is InChI=1S/C12H24N6/c1-11-9-16(2)4-3-5-17(11)6-7-18-10-12(8-13)14-15-18/h10-11H,3-9,13H2,1-2H3. The molecule has 0 bridgehead atoms. The highest BCUT2D eigenvalue weighted by Gasteiger charge is 2.19. The second-order valence-electron chi connectivity index (χ2n) is 5.18. The summed E-state index contributed by atoms with van der Waals surface area (Å²) in [7, 11) is 2.20. The molecule has 1 aliphatic heterocycles. The number of hydrogen-bond acceptors (Lipinski definition) is 5. The van der Waals surface area contributed by atoms with Crippen molar-refractivity contribution >= 4 is 0 Å². The minimum atomic E-state index is 0.463. The van der Waals surface area contributed by atoms with Crippen LogP contribution in [0.4, 0.5) is 0 Å².